The van der Waals surface area contributed by atoms with Gasteiger partial charge in [0.2, 0.25) is 0 Å². The Morgan fingerprint density at radius 2 is 2.20 bits per heavy atom. The van der Waals surface area contributed by atoms with Crippen molar-refractivity contribution in [2.24, 2.45) is 16.7 Å². The van der Waals surface area contributed by atoms with Gasteiger partial charge in [0, 0.05) is 30.4 Å². The molecular formula is C17H29N3. The quantitative estimate of drug-likeness (QED) is 0.906. The number of fused-ring (bicyclic) bond motifs is 2. The molecule has 0 aliphatic heterocycles. The standard InChI is InChI=1S/C17H29N3/c1-6-20-11-13(10-18-20)12(2)19-15-16(3,4)14-7-8-17(15,5)9-14/h10-12,14-15,19H,6-9H2,1-5H3. The van der Waals surface area contributed by atoms with Gasteiger partial charge in [-0.2, -0.15) is 5.10 Å². The smallest absolute Gasteiger partial charge is 0.0537 e. The van der Waals surface area contributed by atoms with Crippen molar-refractivity contribution >= 4 is 0 Å². The Labute approximate surface area is 123 Å². The molecule has 4 atom stereocenters. The monoisotopic (exact) mass is 275 g/mol. The highest BCUT2D eigenvalue weighted by molar-refractivity contribution is 5.16. The summed E-state index contributed by atoms with van der Waals surface area (Å²) in [6, 6.07) is 1.00. The maximum atomic E-state index is 4.41. The average Bonchev–Trinajstić information content (AvgIpc) is 3.05. The van der Waals surface area contributed by atoms with Crippen molar-refractivity contribution in [3.05, 3.63) is 18.0 Å². The van der Waals surface area contributed by atoms with Crippen molar-refractivity contribution in [2.45, 2.75) is 72.5 Å². The highest BCUT2D eigenvalue weighted by Crippen LogP contribution is 2.62. The third-order valence-corrected chi connectivity index (χ3v) is 6.16. The first-order chi connectivity index (χ1) is 9.37. The second-order valence-electron chi connectivity index (χ2n) is 7.87. The van der Waals surface area contributed by atoms with Crippen molar-refractivity contribution in [3.63, 3.8) is 0 Å². The van der Waals surface area contributed by atoms with Gasteiger partial charge in [-0.25, -0.2) is 0 Å². The first-order valence-electron chi connectivity index (χ1n) is 8.15. The lowest BCUT2D eigenvalue weighted by atomic mass is 9.68. The Kier molecular flexibility index (Phi) is 3.24. The van der Waals surface area contributed by atoms with Crippen LogP contribution in [0.1, 0.15) is 65.5 Å². The Morgan fingerprint density at radius 3 is 2.75 bits per heavy atom. The van der Waals surface area contributed by atoms with E-state index in [1.165, 1.54) is 24.8 Å². The first kappa shape index (κ1) is 14.1. The van der Waals surface area contributed by atoms with Gasteiger partial charge in [-0.3, -0.25) is 4.68 Å². The van der Waals surface area contributed by atoms with Gasteiger partial charge >= 0.3 is 0 Å². The maximum absolute atomic E-state index is 4.41. The van der Waals surface area contributed by atoms with E-state index in [1.54, 1.807) is 0 Å². The van der Waals surface area contributed by atoms with E-state index < -0.39 is 0 Å². The van der Waals surface area contributed by atoms with Crippen LogP contribution in [0.3, 0.4) is 0 Å². The summed E-state index contributed by atoms with van der Waals surface area (Å²) < 4.78 is 2.02. The molecule has 1 aromatic rings. The first-order valence-corrected chi connectivity index (χ1v) is 8.15. The molecule has 1 heterocycles. The van der Waals surface area contributed by atoms with Crippen LogP contribution >= 0.6 is 0 Å². The van der Waals surface area contributed by atoms with Gasteiger partial charge < -0.3 is 5.32 Å². The molecule has 2 aliphatic carbocycles. The summed E-state index contributed by atoms with van der Waals surface area (Å²) in [5, 5.41) is 8.35. The summed E-state index contributed by atoms with van der Waals surface area (Å²) in [5.41, 5.74) is 2.22. The second kappa shape index (κ2) is 4.59. The number of nitrogens with one attached hydrogen (secondary N) is 1. The number of rotatable bonds is 4. The number of aromatic nitrogens is 2. The minimum absolute atomic E-state index is 0.385. The lowest BCUT2D eigenvalue weighted by molar-refractivity contribution is 0.100. The third-order valence-electron chi connectivity index (χ3n) is 6.16. The molecule has 3 rings (SSSR count). The molecule has 0 radical (unpaired) electrons. The van der Waals surface area contributed by atoms with Gasteiger partial charge in [0.15, 0.2) is 0 Å². The molecule has 2 bridgehead atoms. The fourth-order valence-electron chi connectivity index (χ4n) is 4.84. The highest BCUT2D eigenvalue weighted by atomic mass is 15.3. The van der Waals surface area contributed by atoms with E-state index in [-0.39, 0.29) is 0 Å². The molecule has 20 heavy (non-hydrogen) atoms. The number of hydrogen-bond acceptors (Lipinski definition) is 2. The van der Waals surface area contributed by atoms with Crippen LogP contribution in [0.15, 0.2) is 12.4 Å². The molecule has 1 N–H and O–H groups in total. The Morgan fingerprint density at radius 1 is 1.45 bits per heavy atom. The molecule has 3 heteroatoms. The van der Waals surface area contributed by atoms with Gasteiger partial charge in [0.05, 0.1) is 6.20 Å². The zero-order valence-electron chi connectivity index (χ0n) is 13.6. The summed E-state index contributed by atoms with van der Waals surface area (Å²) in [5.74, 6) is 0.899. The van der Waals surface area contributed by atoms with Gasteiger partial charge in [-0.05, 0) is 49.9 Å². The zero-order chi connectivity index (χ0) is 14.5. The molecule has 2 fully saturated rings. The van der Waals surface area contributed by atoms with Crippen molar-refractivity contribution in [1.82, 2.24) is 15.1 Å². The summed E-state index contributed by atoms with van der Waals surface area (Å²) >= 11 is 0. The SMILES string of the molecule is CCn1cc(C(C)NC2C3(C)CCC(C3)C2(C)C)cn1. The van der Waals surface area contributed by atoms with Crippen molar-refractivity contribution in [2.75, 3.05) is 0 Å². The summed E-state index contributed by atoms with van der Waals surface area (Å²) in [6.45, 7) is 12.8. The molecule has 112 valence electrons. The maximum Gasteiger partial charge on any atom is 0.0537 e. The van der Waals surface area contributed by atoms with E-state index in [1.807, 2.05) is 10.9 Å². The highest BCUT2D eigenvalue weighted by Gasteiger charge is 2.59. The predicted molar refractivity (Wildman–Crippen MR) is 82.5 cm³/mol. The van der Waals surface area contributed by atoms with Gasteiger partial charge in [-0.1, -0.05) is 20.8 Å². The van der Waals surface area contributed by atoms with Crippen LogP contribution in [-0.2, 0) is 6.54 Å². The Balaban J connectivity index is 1.77. The normalized spacial score (nSPS) is 36.5. The van der Waals surface area contributed by atoms with Gasteiger partial charge in [0.25, 0.3) is 0 Å². The van der Waals surface area contributed by atoms with Crippen LogP contribution in [0.25, 0.3) is 0 Å². The van der Waals surface area contributed by atoms with Gasteiger partial charge in [0.1, 0.15) is 0 Å². The number of aryl methyl sites for hydroxylation is 1. The second-order valence-corrected chi connectivity index (χ2v) is 7.87. The van der Waals surface area contributed by atoms with Crippen LogP contribution in [0.5, 0.6) is 0 Å². The molecule has 2 saturated carbocycles. The fourth-order valence-corrected chi connectivity index (χ4v) is 4.84. The minimum atomic E-state index is 0.385. The van der Waals surface area contributed by atoms with Crippen LogP contribution in [-0.4, -0.2) is 15.8 Å². The van der Waals surface area contributed by atoms with Crippen molar-refractivity contribution in [1.29, 1.82) is 0 Å². The third kappa shape index (κ3) is 2.02. The summed E-state index contributed by atoms with van der Waals surface area (Å²) in [4.78, 5) is 0. The molecule has 0 aromatic carbocycles. The van der Waals surface area contributed by atoms with E-state index >= 15 is 0 Å². The molecule has 0 saturated heterocycles. The average molecular weight is 275 g/mol. The van der Waals surface area contributed by atoms with Gasteiger partial charge in [-0.15, -0.1) is 0 Å². The van der Waals surface area contributed by atoms with E-state index in [9.17, 15) is 0 Å². The van der Waals surface area contributed by atoms with Crippen LogP contribution in [0.4, 0.5) is 0 Å². The molecule has 1 aromatic heterocycles. The van der Waals surface area contributed by atoms with E-state index in [0.717, 1.165) is 12.5 Å². The van der Waals surface area contributed by atoms with E-state index in [2.05, 4.69) is 51.2 Å². The topological polar surface area (TPSA) is 29.9 Å². The molecule has 0 amide bonds. The zero-order valence-corrected chi connectivity index (χ0v) is 13.6. The lowest BCUT2D eigenvalue weighted by Crippen LogP contribution is -2.50. The summed E-state index contributed by atoms with van der Waals surface area (Å²) in [7, 11) is 0. The van der Waals surface area contributed by atoms with Crippen LogP contribution in [0.2, 0.25) is 0 Å². The predicted octanol–water partition coefficient (Wildman–Crippen LogP) is 3.77. The number of nitrogens with zero attached hydrogens (tertiary/aromatic N) is 2. The number of hydrogen-bond donors (Lipinski definition) is 1. The Bertz CT molecular complexity index is 485. The van der Waals surface area contributed by atoms with Crippen molar-refractivity contribution < 1.29 is 0 Å². The molecule has 3 nitrogen and oxygen atoms in total. The molecule has 0 spiro atoms. The van der Waals surface area contributed by atoms with E-state index in [0.29, 0.717) is 22.9 Å². The summed E-state index contributed by atoms with van der Waals surface area (Å²) in [6.07, 6.45) is 8.41. The fraction of sp³-hybridized carbons (Fsp3) is 0.824. The van der Waals surface area contributed by atoms with Crippen molar-refractivity contribution in [3.8, 4) is 0 Å². The molecule has 2 aliphatic rings. The van der Waals surface area contributed by atoms with Crippen LogP contribution < -0.4 is 5.32 Å². The molecule has 4 unspecified atom stereocenters. The van der Waals surface area contributed by atoms with E-state index in [4.69, 9.17) is 0 Å². The molecular weight excluding hydrogens is 246 g/mol. The largest absolute Gasteiger partial charge is 0.306 e. The minimum Gasteiger partial charge on any atom is -0.306 e. The lowest BCUT2D eigenvalue weighted by Gasteiger charge is -2.44. The van der Waals surface area contributed by atoms with Crippen LogP contribution in [0, 0.1) is 16.7 Å². The Hall–Kier alpha value is -0.830.